The molecule has 0 amide bonds. The first-order valence-corrected chi connectivity index (χ1v) is 8.79. The molecule has 3 heterocycles. The van der Waals surface area contributed by atoms with E-state index in [9.17, 15) is 18.0 Å². The normalized spacial score (nSPS) is 16.9. The summed E-state index contributed by atoms with van der Waals surface area (Å²) in [5.74, 6) is 0.219. The predicted octanol–water partition coefficient (Wildman–Crippen LogP) is 3.38. The summed E-state index contributed by atoms with van der Waals surface area (Å²) in [5, 5.41) is 0.299. The van der Waals surface area contributed by atoms with Crippen molar-refractivity contribution < 1.29 is 17.9 Å². The molecule has 1 aliphatic carbocycles. The molecule has 2 aromatic rings. The molecular weight excluding hydrogens is 355 g/mol. The van der Waals surface area contributed by atoms with Crippen LogP contribution in [-0.2, 0) is 29.9 Å². The first-order valence-electron chi connectivity index (χ1n) is 7.81. The number of alkyl halides is 3. The number of hydrogen-bond donors (Lipinski definition) is 1. The third-order valence-corrected chi connectivity index (χ3v) is 5.20. The molecule has 4 rings (SSSR count). The second-order valence-electron chi connectivity index (χ2n) is 6.08. The standard InChI is InChI=1S/C16H14F3N3O2S/c17-16(18,19)13-11(9(3-4-20-13)8-1-2-8)7-25-15-21-12-6-24-5-10(12)14(23)22-15/h3-4,8H,1-2,5-7H2,(H,21,22,23). The molecular formula is C16H14F3N3O2S. The van der Waals surface area contributed by atoms with E-state index in [0.717, 1.165) is 24.6 Å². The van der Waals surface area contributed by atoms with Gasteiger partial charge in [0.25, 0.3) is 5.56 Å². The molecule has 9 heteroatoms. The van der Waals surface area contributed by atoms with E-state index in [1.807, 2.05) is 0 Å². The van der Waals surface area contributed by atoms with Gasteiger partial charge in [0.2, 0.25) is 0 Å². The minimum absolute atomic E-state index is 0.0527. The fourth-order valence-corrected chi connectivity index (χ4v) is 3.85. The molecule has 1 fully saturated rings. The maximum Gasteiger partial charge on any atom is 0.433 e. The maximum absolute atomic E-state index is 13.3. The number of H-pyrrole nitrogens is 1. The zero-order valence-electron chi connectivity index (χ0n) is 13.0. The molecule has 1 saturated carbocycles. The van der Waals surface area contributed by atoms with Gasteiger partial charge in [0.1, 0.15) is 5.69 Å². The average molecular weight is 369 g/mol. The number of nitrogens with zero attached hydrogens (tertiary/aromatic N) is 2. The SMILES string of the molecule is O=c1[nH]c(SCc2c(C3CC3)ccnc2C(F)(F)F)nc2c1COC2. The van der Waals surface area contributed by atoms with Crippen LogP contribution < -0.4 is 5.56 Å². The van der Waals surface area contributed by atoms with Gasteiger partial charge in [0, 0.05) is 11.9 Å². The lowest BCUT2D eigenvalue weighted by molar-refractivity contribution is -0.141. The van der Waals surface area contributed by atoms with Gasteiger partial charge in [-0.3, -0.25) is 9.78 Å². The lowest BCUT2D eigenvalue weighted by atomic mass is 10.0. The van der Waals surface area contributed by atoms with Crippen LogP contribution in [0.3, 0.4) is 0 Å². The third kappa shape index (κ3) is 3.30. The zero-order chi connectivity index (χ0) is 17.6. The van der Waals surface area contributed by atoms with Crippen molar-refractivity contribution in [2.75, 3.05) is 0 Å². The van der Waals surface area contributed by atoms with E-state index in [1.54, 1.807) is 6.07 Å². The monoisotopic (exact) mass is 369 g/mol. The molecule has 0 atom stereocenters. The van der Waals surface area contributed by atoms with Crippen molar-refractivity contribution in [1.29, 1.82) is 0 Å². The highest BCUT2D eigenvalue weighted by Crippen LogP contribution is 2.45. The van der Waals surface area contributed by atoms with E-state index in [4.69, 9.17) is 4.74 Å². The number of halogens is 3. The molecule has 0 saturated heterocycles. The summed E-state index contributed by atoms with van der Waals surface area (Å²) in [6.45, 7) is 0.468. The number of ether oxygens (including phenoxy) is 1. The van der Waals surface area contributed by atoms with E-state index in [1.165, 1.54) is 6.20 Å². The molecule has 2 aromatic heterocycles. The quantitative estimate of drug-likeness (QED) is 0.661. The van der Waals surface area contributed by atoms with Gasteiger partial charge in [0.05, 0.1) is 24.5 Å². The van der Waals surface area contributed by atoms with Crippen LogP contribution in [0.4, 0.5) is 13.2 Å². The van der Waals surface area contributed by atoms with Crippen molar-refractivity contribution in [1.82, 2.24) is 15.0 Å². The van der Waals surface area contributed by atoms with E-state index in [2.05, 4.69) is 15.0 Å². The van der Waals surface area contributed by atoms with E-state index < -0.39 is 11.9 Å². The summed E-state index contributed by atoms with van der Waals surface area (Å²) in [6, 6.07) is 1.66. The fraction of sp³-hybridized carbons (Fsp3) is 0.438. The highest BCUT2D eigenvalue weighted by atomic mass is 32.2. The molecule has 2 aliphatic rings. The summed E-state index contributed by atoms with van der Waals surface area (Å²) >= 11 is 1.08. The molecule has 0 bridgehead atoms. The Balaban J connectivity index is 1.65. The fourth-order valence-electron chi connectivity index (χ4n) is 2.93. The molecule has 132 valence electrons. The van der Waals surface area contributed by atoms with Gasteiger partial charge in [-0.2, -0.15) is 13.2 Å². The van der Waals surface area contributed by atoms with Crippen LogP contribution in [0.15, 0.2) is 22.2 Å². The molecule has 0 aromatic carbocycles. The lowest BCUT2D eigenvalue weighted by Gasteiger charge is -2.15. The average Bonchev–Trinajstić information content (AvgIpc) is 3.29. The minimum Gasteiger partial charge on any atom is -0.370 e. The Hall–Kier alpha value is -1.87. The van der Waals surface area contributed by atoms with Gasteiger partial charge >= 0.3 is 6.18 Å². The summed E-state index contributed by atoms with van der Waals surface area (Å²) in [5.41, 5.74) is 0.769. The van der Waals surface area contributed by atoms with Gasteiger partial charge in [-0.1, -0.05) is 11.8 Å². The van der Waals surface area contributed by atoms with Crippen LogP contribution in [0.25, 0.3) is 0 Å². The van der Waals surface area contributed by atoms with Crippen molar-refractivity contribution in [3.05, 3.63) is 50.7 Å². The zero-order valence-corrected chi connectivity index (χ0v) is 13.8. The van der Waals surface area contributed by atoms with Gasteiger partial charge in [-0.05, 0) is 36.0 Å². The number of hydrogen-bond acceptors (Lipinski definition) is 5. The predicted molar refractivity (Wildman–Crippen MR) is 84.1 cm³/mol. The highest BCUT2D eigenvalue weighted by molar-refractivity contribution is 7.98. The largest absolute Gasteiger partial charge is 0.433 e. The van der Waals surface area contributed by atoms with Crippen LogP contribution in [0.1, 0.15) is 46.8 Å². The molecule has 5 nitrogen and oxygen atoms in total. The minimum atomic E-state index is -4.51. The molecule has 1 aliphatic heterocycles. The van der Waals surface area contributed by atoms with Crippen molar-refractivity contribution in [3.8, 4) is 0 Å². The number of aromatic amines is 1. The number of fused-ring (bicyclic) bond motifs is 1. The van der Waals surface area contributed by atoms with Crippen molar-refractivity contribution in [2.24, 2.45) is 0 Å². The summed E-state index contributed by atoms with van der Waals surface area (Å²) in [7, 11) is 0. The van der Waals surface area contributed by atoms with Gasteiger partial charge in [0.15, 0.2) is 5.16 Å². The van der Waals surface area contributed by atoms with Crippen LogP contribution in [0.5, 0.6) is 0 Å². The Morgan fingerprint density at radius 1 is 1.32 bits per heavy atom. The molecule has 0 unspecified atom stereocenters. The smallest absolute Gasteiger partial charge is 0.370 e. The molecule has 0 spiro atoms. The van der Waals surface area contributed by atoms with Crippen LogP contribution >= 0.6 is 11.8 Å². The van der Waals surface area contributed by atoms with Crippen molar-refractivity contribution >= 4 is 11.8 Å². The maximum atomic E-state index is 13.3. The first kappa shape index (κ1) is 16.6. The molecule has 0 radical (unpaired) electrons. The number of nitrogens with one attached hydrogen (secondary N) is 1. The van der Waals surface area contributed by atoms with Gasteiger partial charge in [-0.15, -0.1) is 0 Å². The van der Waals surface area contributed by atoms with Crippen molar-refractivity contribution in [3.63, 3.8) is 0 Å². The number of pyridine rings is 1. The third-order valence-electron chi connectivity index (χ3n) is 4.30. The molecule has 25 heavy (non-hydrogen) atoms. The Kier molecular flexibility index (Phi) is 4.07. The Labute approximate surface area is 145 Å². The number of rotatable bonds is 4. The Morgan fingerprint density at radius 2 is 2.12 bits per heavy atom. The van der Waals surface area contributed by atoms with E-state index in [0.29, 0.717) is 22.0 Å². The Bertz CT molecular complexity index is 878. The summed E-state index contributed by atoms with van der Waals surface area (Å²) in [6.07, 6.45) is -1.50. The van der Waals surface area contributed by atoms with E-state index >= 15 is 0 Å². The number of thioether (sulfide) groups is 1. The second kappa shape index (κ2) is 6.14. The highest BCUT2D eigenvalue weighted by Gasteiger charge is 2.38. The Morgan fingerprint density at radius 3 is 2.84 bits per heavy atom. The van der Waals surface area contributed by atoms with Gasteiger partial charge in [-0.25, -0.2) is 4.98 Å². The van der Waals surface area contributed by atoms with Crippen LogP contribution in [0, 0.1) is 0 Å². The number of aromatic nitrogens is 3. The molecule has 1 N–H and O–H groups in total. The second-order valence-corrected chi connectivity index (χ2v) is 7.04. The van der Waals surface area contributed by atoms with Crippen molar-refractivity contribution in [2.45, 2.75) is 49.1 Å². The summed E-state index contributed by atoms with van der Waals surface area (Å²) < 4.78 is 45.1. The summed E-state index contributed by atoms with van der Waals surface area (Å²) in [4.78, 5) is 22.4. The first-order chi connectivity index (χ1) is 11.9. The van der Waals surface area contributed by atoms with Gasteiger partial charge < -0.3 is 9.72 Å². The van der Waals surface area contributed by atoms with Crippen LogP contribution in [-0.4, -0.2) is 15.0 Å². The van der Waals surface area contributed by atoms with Crippen LogP contribution in [0.2, 0.25) is 0 Å². The van der Waals surface area contributed by atoms with E-state index in [-0.39, 0.29) is 36.0 Å². The topological polar surface area (TPSA) is 67.9 Å². The lowest BCUT2D eigenvalue weighted by Crippen LogP contribution is -2.16.